The molecule has 1 aliphatic carbocycles. The number of carbonyl (C=O) groups excluding carboxylic acids is 1. The van der Waals surface area contributed by atoms with Gasteiger partial charge in [-0.3, -0.25) is 4.79 Å². The van der Waals surface area contributed by atoms with Crippen LogP contribution in [0.3, 0.4) is 0 Å². The number of hydrogen-bond acceptors (Lipinski definition) is 5. The van der Waals surface area contributed by atoms with Crippen LogP contribution in [0, 0.1) is 11.8 Å². The molecule has 1 saturated heterocycles. The molecule has 6 heteroatoms. The summed E-state index contributed by atoms with van der Waals surface area (Å²) in [7, 11) is 1.75. The number of aryl methyl sites for hydroxylation is 1. The van der Waals surface area contributed by atoms with Crippen LogP contribution in [-0.4, -0.2) is 54.2 Å². The minimum atomic E-state index is 0.0443. The van der Waals surface area contributed by atoms with Crippen molar-refractivity contribution < 1.29 is 14.3 Å². The lowest BCUT2D eigenvalue weighted by molar-refractivity contribution is -0.137. The zero-order valence-corrected chi connectivity index (χ0v) is 18.7. The summed E-state index contributed by atoms with van der Waals surface area (Å²) in [6.45, 7) is 5.03. The van der Waals surface area contributed by atoms with Gasteiger partial charge in [0.15, 0.2) is 5.82 Å². The molecule has 31 heavy (non-hydrogen) atoms. The Morgan fingerprint density at radius 1 is 1.06 bits per heavy atom. The number of rotatable bonds is 6. The molecule has 0 saturated carbocycles. The van der Waals surface area contributed by atoms with Crippen molar-refractivity contribution in [2.45, 2.75) is 45.4 Å². The van der Waals surface area contributed by atoms with Crippen LogP contribution in [0.2, 0.25) is 0 Å². The number of methoxy groups -OCH3 is 1. The van der Waals surface area contributed by atoms with Crippen molar-refractivity contribution in [3.63, 3.8) is 0 Å². The van der Waals surface area contributed by atoms with E-state index in [1.54, 1.807) is 7.11 Å². The van der Waals surface area contributed by atoms with Gasteiger partial charge in [0.2, 0.25) is 11.8 Å². The summed E-state index contributed by atoms with van der Waals surface area (Å²) in [5, 5.41) is 0. The average Bonchev–Trinajstić information content (AvgIpc) is 3.03. The summed E-state index contributed by atoms with van der Waals surface area (Å²) in [6.07, 6.45) is 5.31. The van der Waals surface area contributed by atoms with E-state index >= 15 is 0 Å². The smallest absolute Gasteiger partial charge is 0.225 e. The second-order valence-electron chi connectivity index (χ2n) is 8.57. The van der Waals surface area contributed by atoms with E-state index < -0.39 is 0 Å². The van der Waals surface area contributed by atoms with Crippen LogP contribution in [0.25, 0.3) is 11.4 Å². The molecular formula is C25H33N3O3. The average molecular weight is 424 g/mol. The maximum absolute atomic E-state index is 13.2. The van der Waals surface area contributed by atoms with Crippen molar-refractivity contribution >= 4 is 5.91 Å². The summed E-state index contributed by atoms with van der Waals surface area (Å²) in [4.78, 5) is 24.9. The topological polar surface area (TPSA) is 64.6 Å². The van der Waals surface area contributed by atoms with Crippen LogP contribution in [0.5, 0.6) is 5.88 Å². The molecule has 0 spiro atoms. The molecule has 6 nitrogen and oxygen atoms in total. The molecule has 2 aromatic rings. The summed E-state index contributed by atoms with van der Waals surface area (Å²) in [6, 6.07) is 10.0. The lowest BCUT2D eigenvalue weighted by atomic mass is 9.93. The molecule has 166 valence electrons. The van der Waals surface area contributed by atoms with E-state index in [2.05, 4.69) is 4.90 Å². The van der Waals surface area contributed by atoms with E-state index in [0.717, 1.165) is 75.0 Å². The van der Waals surface area contributed by atoms with Crippen LogP contribution in [0.15, 0.2) is 30.3 Å². The zero-order chi connectivity index (χ0) is 21.6. The molecule has 4 rings (SSSR count). The Kier molecular flexibility index (Phi) is 7.17. The van der Waals surface area contributed by atoms with Crippen LogP contribution in [-0.2, 0) is 22.4 Å². The molecule has 1 unspecified atom stereocenters. The first-order chi connectivity index (χ1) is 15.2. The predicted molar refractivity (Wildman–Crippen MR) is 120 cm³/mol. The second kappa shape index (κ2) is 10.2. The Morgan fingerprint density at radius 3 is 2.52 bits per heavy atom. The lowest BCUT2D eigenvalue weighted by Gasteiger charge is -2.34. The molecule has 2 aliphatic rings. The number of hydrogen-bond donors (Lipinski definition) is 0. The van der Waals surface area contributed by atoms with Crippen LogP contribution in [0.4, 0.5) is 0 Å². The van der Waals surface area contributed by atoms with Crippen LogP contribution in [0.1, 0.15) is 43.9 Å². The van der Waals surface area contributed by atoms with Crippen molar-refractivity contribution in [2.75, 3.05) is 33.4 Å². The number of nitrogens with zero attached hydrogens (tertiary/aromatic N) is 3. The Bertz CT molecular complexity index is 879. The molecule has 1 fully saturated rings. The van der Waals surface area contributed by atoms with Gasteiger partial charge in [0, 0.05) is 43.9 Å². The molecule has 1 atom stereocenters. The van der Waals surface area contributed by atoms with E-state index in [-0.39, 0.29) is 5.92 Å². The van der Waals surface area contributed by atoms with E-state index in [1.807, 2.05) is 37.3 Å². The van der Waals surface area contributed by atoms with Gasteiger partial charge in [-0.1, -0.05) is 30.3 Å². The number of benzene rings is 1. The first-order valence-corrected chi connectivity index (χ1v) is 11.5. The Hall–Kier alpha value is -2.47. The number of piperidine rings is 1. The minimum Gasteiger partial charge on any atom is -0.478 e. The van der Waals surface area contributed by atoms with Gasteiger partial charge < -0.3 is 14.4 Å². The monoisotopic (exact) mass is 423 g/mol. The van der Waals surface area contributed by atoms with Crippen molar-refractivity contribution in [2.24, 2.45) is 11.8 Å². The predicted octanol–water partition coefficient (Wildman–Crippen LogP) is 3.92. The molecular weight excluding hydrogens is 390 g/mol. The van der Waals surface area contributed by atoms with Gasteiger partial charge >= 0.3 is 0 Å². The van der Waals surface area contributed by atoms with E-state index in [4.69, 9.17) is 19.4 Å². The maximum Gasteiger partial charge on any atom is 0.225 e. The number of carbonyl (C=O) groups is 1. The molecule has 1 aliphatic heterocycles. The third-order valence-electron chi connectivity index (χ3n) is 6.52. The van der Waals surface area contributed by atoms with Gasteiger partial charge in [0.05, 0.1) is 12.3 Å². The third kappa shape index (κ3) is 5.06. The first-order valence-electron chi connectivity index (χ1n) is 11.5. The van der Waals surface area contributed by atoms with Crippen LogP contribution >= 0.6 is 0 Å². The molecule has 1 aromatic heterocycles. The summed E-state index contributed by atoms with van der Waals surface area (Å²) < 4.78 is 11.2. The largest absolute Gasteiger partial charge is 0.478 e. The van der Waals surface area contributed by atoms with Crippen molar-refractivity contribution in [3.8, 4) is 17.3 Å². The van der Waals surface area contributed by atoms with Gasteiger partial charge in [-0.25, -0.2) is 4.98 Å². The summed E-state index contributed by atoms with van der Waals surface area (Å²) in [5.41, 5.74) is 3.10. The quantitative estimate of drug-likeness (QED) is 0.659. The van der Waals surface area contributed by atoms with Gasteiger partial charge in [0.1, 0.15) is 0 Å². The van der Waals surface area contributed by atoms with E-state index in [0.29, 0.717) is 30.1 Å². The molecule has 2 heterocycles. The van der Waals surface area contributed by atoms with Crippen molar-refractivity contribution in [1.29, 1.82) is 0 Å². The van der Waals surface area contributed by atoms with E-state index in [9.17, 15) is 4.79 Å². The fourth-order valence-electron chi connectivity index (χ4n) is 4.77. The van der Waals surface area contributed by atoms with Gasteiger partial charge in [-0.05, 0) is 51.4 Å². The highest BCUT2D eigenvalue weighted by molar-refractivity contribution is 5.79. The summed E-state index contributed by atoms with van der Waals surface area (Å²) >= 11 is 0. The lowest BCUT2D eigenvalue weighted by Crippen LogP contribution is -2.42. The van der Waals surface area contributed by atoms with Crippen molar-refractivity contribution in [1.82, 2.24) is 14.9 Å². The molecule has 0 N–H and O–H groups in total. The highest BCUT2D eigenvalue weighted by atomic mass is 16.5. The number of ether oxygens (including phenoxy) is 2. The van der Waals surface area contributed by atoms with Gasteiger partial charge in [0.25, 0.3) is 0 Å². The molecule has 1 aromatic carbocycles. The first kappa shape index (κ1) is 21.8. The Balaban J connectivity index is 1.49. The molecule has 0 radical (unpaired) electrons. The zero-order valence-electron chi connectivity index (χ0n) is 18.7. The van der Waals surface area contributed by atoms with E-state index in [1.165, 1.54) is 0 Å². The third-order valence-corrected chi connectivity index (χ3v) is 6.52. The summed E-state index contributed by atoms with van der Waals surface area (Å²) in [5.74, 6) is 2.31. The fraction of sp³-hybridized carbons (Fsp3) is 0.560. The highest BCUT2D eigenvalue weighted by Crippen LogP contribution is 2.32. The number of aromatic nitrogens is 2. The SMILES string of the molecule is CCOc1nc(-c2ccccc2)nc2c1CCC(C(=O)N1CCC(COC)CC1)CC2. The Morgan fingerprint density at radius 2 is 1.81 bits per heavy atom. The minimum absolute atomic E-state index is 0.0443. The van der Waals surface area contributed by atoms with Crippen LogP contribution < -0.4 is 4.74 Å². The standard InChI is InChI=1S/C25H33N3O3/c1-3-31-24-21-11-9-20(25(29)28-15-13-18(14-16-28)17-30-2)10-12-22(21)26-23(27-24)19-7-5-4-6-8-19/h4-8,18,20H,3,9-17H2,1-2H3. The maximum atomic E-state index is 13.2. The molecule has 0 bridgehead atoms. The highest BCUT2D eigenvalue weighted by Gasteiger charge is 2.31. The second-order valence-corrected chi connectivity index (χ2v) is 8.57. The fourth-order valence-corrected chi connectivity index (χ4v) is 4.77. The normalized spacial score (nSPS) is 19.5. The molecule has 1 amide bonds. The number of fused-ring (bicyclic) bond motifs is 1. The number of likely N-dealkylation sites (tertiary alicyclic amines) is 1. The number of amides is 1. The Labute approximate surface area is 185 Å². The van der Waals surface area contributed by atoms with Crippen molar-refractivity contribution in [3.05, 3.63) is 41.6 Å². The van der Waals surface area contributed by atoms with Gasteiger partial charge in [-0.2, -0.15) is 4.98 Å². The van der Waals surface area contributed by atoms with Gasteiger partial charge in [-0.15, -0.1) is 0 Å².